The van der Waals surface area contributed by atoms with E-state index in [0.717, 1.165) is 57.8 Å². The van der Waals surface area contributed by atoms with E-state index in [1.165, 1.54) is 30.2 Å². The fourth-order valence-corrected chi connectivity index (χ4v) is 4.76. The number of anilines is 1. The number of piperazine rings is 1. The second kappa shape index (κ2) is 11.8. The maximum absolute atomic E-state index is 12.3. The number of hydrogen-bond acceptors (Lipinski definition) is 5. The van der Waals surface area contributed by atoms with Gasteiger partial charge in [0.15, 0.2) is 0 Å². The Labute approximate surface area is 180 Å². The molecule has 2 amide bonds. The van der Waals surface area contributed by atoms with Crippen LogP contribution in [0.4, 0.5) is 10.5 Å². The highest BCUT2D eigenvalue weighted by Crippen LogP contribution is 2.13. The lowest BCUT2D eigenvalue weighted by molar-refractivity contribution is 0.150. The van der Waals surface area contributed by atoms with Crippen LogP contribution in [0, 0.1) is 0 Å². The number of urea groups is 1. The van der Waals surface area contributed by atoms with E-state index in [-0.39, 0.29) is 12.1 Å². The largest absolute Gasteiger partial charge is 0.335 e. The second-order valence-electron chi connectivity index (χ2n) is 8.33. The van der Waals surface area contributed by atoms with E-state index in [2.05, 4.69) is 63.2 Å². The second-order valence-corrected chi connectivity index (χ2v) is 9.56. The lowest BCUT2D eigenvalue weighted by atomic mass is 10.1. The molecular weight excluding hydrogens is 382 g/mol. The summed E-state index contributed by atoms with van der Waals surface area (Å²) in [7, 11) is 2.17. The molecule has 7 heteroatoms. The Morgan fingerprint density at radius 3 is 2.34 bits per heavy atom. The Bertz CT molecular complexity index is 612. The van der Waals surface area contributed by atoms with Gasteiger partial charge in [-0.15, -0.1) is 0 Å². The Hall–Kier alpha value is -1.28. The molecular formula is C22H37N5OS. The smallest absolute Gasteiger partial charge is 0.319 e. The van der Waals surface area contributed by atoms with Crippen molar-refractivity contribution in [1.82, 2.24) is 20.0 Å². The minimum absolute atomic E-state index is 0.116. The minimum atomic E-state index is -0.116. The van der Waals surface area contributed by atoms with Crippen molar-refractivity contribution in [3.8, 4) is 0 Å². The number of thioether (sulfide) groups is 1. The Morgan fingerprint density at radius 2 is 1.66 bits per heavy atom. The van der Waals surface area contributed by atoms with E-state index in [9.17, 15) is 4.79 Å². The Kier molecular flexibility index (Phi) is 9.11. The van der Waals surface area contributed by atoms with Crippen LogP contribution in [0.2, 0.25) is 0 Å². The summed E-state index contributed by atoms with van der Waals surface area (Å²) in [6.45, 7) is 11.2. The number of rotatable bonds is 8. The number of nitrogens with zero attached hydrogens (tertiary/aromatic N) is 3. The zero-order valence-electron chi connectivity index (χ0n) is 18.0. The molecule has 29 heavy (non-hydrogen) atoms. The van der Waals surface area contributed by atoms with Gasteiger partial charge in [-0.05, 0) is 44.5 Å². The van der Waals surface area contributed by atoms with Gasteiger partial charge in [-0.3, -0.25) is 0 Å². The monoisotopic (exact) mass is 419 g/mol. The summed E-state index contributed by atoms with van der Waals surface area (Å²) in [6, 6.07) is 8.33. The standard InChI is InChI=1S/C22H37N5OS/c1-19(7-9-26-13-11-25(2)12-14-26)23-22(28)24-21-5-3-20(4-6-21)8-10-27-15-17-29-18-16-27/h3-6,19H,7-18H2,1-2H3,(H2,23,24,28)/t19-/m0/s1. The molecule has 0 unspecified atom stereocenters. The minimum Gasteiger partial charge on any atom is -0.335 e. The van der Waals surface area contributed by atoms with Crippen molar-refractivity contribution in [2.45, 2.75) is 25.8 Å². The molecule has 3 rings (SSSR count). The van der Waals surface area contributed by atoms with Gasteiger partial charge in [-0.25, -0.2) is 4.79 Å². The van der Waals surface area contributed by atoms with Crippen LogP contribution < -0.4 is 10.6 Å². The van der Waals surface area contributed by atoms with E-state index in [4.69, 9.17) is 0 Å². The molecule has 0 radical (unpaired) electrons. The van der Waals surface area contributed by atoms with Crippen LogP contribution in [-0.4, -0.2) is 97.7 Å². The molecule has 0 aromatic heterocycles. The third-order valence-electron chi connectivity index (χ3n) is 5.88. The molecule has 1 atom stereocenters. The molecule has 0 saturated carbocycles. The molecule has 1 aromatic rings. The molecule has 2 saturated heterocycles. The van der Waals surface area contributed by atoms with Gasteiger partial charge in [0, 0.05) is 75.6 Å². The first-order chi connectivity index (χ1) is 14.1. The van der Waals surface area contributed by atoms with Crippen molar-refractivity contribution in [1.29, 1.82) is 0 Å². The first-order valence-corrected chi connectivity index (χ1v) is 12.1. The zero-order valence-corrected chi connectivity index (χ0v) is 18.8. The van der Waals surface area contributed by atoms with Crippen LogP contribution in [0.15, 0.2) is 24.3 Å². The van der Waals surface area contributed by atoms with E-state index >= 15 is 0 Å². The third kappa shape index (κ3) is 8.16. The highest BCUT2D eigenvalue weighted by atomic mass is 32.2. The first-order valence-electron chi connectivity index (χ1n) is 11.0. The van der Waals surface area contributed by atoms with E-state index in [0.29, 0.717) is 0 Å². The quantitative estimate of drug-likeness (QED) is 0.678. The lowest BCUT2D eigenvalue weighted by Gasteiger charge is -2.32. The van der Waals surface area contributed by atoms with E-state index in [1.54, 1.807) is 0 Å². The van der Waals surface area contributed by atoms with Crippen molar-refractivity contribution in [3.63, 3.8) is 0 Å². The summed E-state index contributed by atoms with van der Waals surface area (Å²) in [5.74, 6) is 2.51. The summed E-state index contributed by atoms with van der Waals surface area (Å²) < 4.78 is 0. The number of nitrogens with one attached hydrogen (secondary N) is 2. The molecule has 2 N–H and O–H groups in total. The fourth-order valence-electron chi connectivity index (χ4n) is 3.78. The number of likely N-dealkylation sites (N-methyl/N-ethyl adjacent to an activating group) is 1. The van der Waals surface area contributed by atoms with Gasteiger partial charge in [-0.2, -0.15) is 11.8 Å². The van der Waals surface area contributed by atoms with Crippen LogP contribution in [0.1, 0.15) is 18.9 Å². The summed E-state index contributed by atoms with van der Waals surface area (Å²) in [5.41, 5.74) is 2.18. The van der Waals surface area contributed by atoms with Gasteiger partial charge in [0.2, 0.25) is 0 Å². The molecule has 162 valence electrons. The van der Waals surface area contributed by atoms with Crippen molar-refractivity contribution in [2.24, 2.45) is 0 Å². The zero-order chi connectivity index (χ0) is 20.5. The fraction of sp³-hybridized carbons (Fsp3) is 0.682. The van der Waals surface area contributed by atoms with Gasteiger partial charge in [0.25, 0.3) is 0 Å². The number of carbonyl (C=O) groups is 1. The molecule has 0 spiro atoms. The van der Waals surface area contributed by atoms with E-state index < -0.39 is 0 Å². The van der Waals surface area contributed by atoms with Gasteiger partial charge >= 0.3 is 6.03 Å². The molecule has 0 bridgehead atoms. The van der Waals surface area contributed by atoms with Gasteiger partial charge in [-0.1, -0.05) is 12.1 Å². The van der Waals surface area contributed by atoms with Gasteiger partial charge in [0.1, 0.15) is 0 Å². The lowest BCUT2D eigenvalue weighted by Crippen LogP contribution is -2.46. The third-order valence-corrected chi connectivity index (χ3v) is 6.83. The predicted molar refractivity (Wildman–Crippen MR) is 124 cm³/mol. The first kappa shape index (κ1) is 22.4. The molecule has 2 aliphatic heterocycles. The molecule has 2 fully saturated rings. The van der Waals surface area contributed by atoms with Crippen LogP contribution in [0.3, 0.4) is 0 Å². The number of amides is 2. The van der Waals surface area contributed by atoms with Crippen LogP contribution in [-0.2, 0) is 6.42 Å². The van der Waals surface area contributed by atoms with Crippen molar-refractivity contribution in [3.05, 3.63) is 29.8 Å². The van der Waals surface area contributed by atoms with Crippen molar-refractivity contribution in [2.75, 3.05) is 76.2 Å². The van der Waals surface area contributed by atoms with Gasteiger partial charge in [0.05, 0.1) is 0 Å². The summed E-state index contributed by atoms with van der Waals surface area (Å²) in [6.07, 6.45) is 2.05. The Balaban J connectivity index is 1.33. The summed E-state index contributed by atoms with van der Waals surface area (Å²) >= 11 is 2.05. The molecule has 2 aliphatic rings. The molecule has 2 heterocycles. The highest BCUT2D eigenvalue weighted by molar-refractivity contribution is 7.99. The number of benzene rings is 1. The molecule has 1 aromatic carbocycles. The molecule has 0 aliphatic carbocycles. The van der Waals surface area contributed by atoms with Crippen molar-refractivity contribution < 1.29 is 4.79 Å². The van der Waals surface area contributed by atoms with E-state index in [1.807, 2.05) is 12.1 Å². The predicted octanol–water partition coefficient (Wildman–Crippen LogP) is 2.43. The van der Waals surface area contributed by atoms with Crippen LogP contribution in [0.25, 0.3) is 0 Å². The SMILES string of the molecule is C[C@@H](CCN1CCN(C)CC1)NC(=O)Nc1ccc(CCN2CCSCC2)cc1. The van der Waals surface area contributed by atoms with Crippen LogP contribution >= 0.6 is 11.8 Å². The molecule has 6 nitrogen and oxygen atoms in total. The number of hydrogen-bond donors (Lipinski definition) is 2. The highest BCUT2D eigenvalue weighted by Gasteiger charge is 2.15. The number of carbonyl (C=O) groups excluding carboxylic acids is 1. The van der Waals surface area contributed by atoms with Crippen molar-refractivity contribution >= 4 is 23.5 Å². The average molecular weight is 420 g/mol. The van der Waals surface area contributed by atoms with Gasteiger partial charge < -0.3 is 25.3 Å². The topological polar surface area (TPSA) is 50.9 Å². The Morgan fingerprint density at radius 1 is 1.00 bits per heavy atom. The summed E-state index contributed by atoms with van der Waals surface area (Å²) in [4.78, 5) is 19.7. The maximum atomic E-state index is 12.3. The summed E-state index contributed by atoms with van der Waals surface area (Å²) in [5, 5.41) is 6.03. The maximum Gasteiger partial charge on any atom is 0.319 e. The van der Waals surface area contributed by atoms with Crippen LogP contribution in [0.5, 0.6) is 0 Å². The average Bonchev–Trinajstić information content (AvgIpc) is 2.73. The normalized spacial score (nSPS) is 20.3.